The highest BCUT2D eigenvalue weighted by molar-refractivity contribution is 8.13. The lowest BCUT2D eigenvalue weighted by Crippen LogP contribution is -2.53. The number of piperidine rings is 1. The number of likely N-dealkylation sites (tertiary alicyclic amines) is 2. The second-order valence-electron chi connectivity index (χ2n) is 9.96. The normalized spacial score (nSPS) is 32.9. The first kappa shape index (κ1) is 20.7. The van der Waals surface area contributed by atoms with Crippen LogP contribution in [0.25, 0.3) is 0 Å². The summed E-state index contributed by atoms with van der Waals surface area (Å²) in [6.45, 7) is 5.76. The molecule has 0 amide bonds. The molecule has 3 aliphatic heterocycles. The first-order valence-electron chi connectivity index (χ1n) is 11.7. The van der Waals surface area contributed by atoms with Gasteiger partial charge in [0, 0.05) is 50.0 Å². The van der Waals surface area contributed by atoms with E-state index in [0.29, 0.717) is 29.0 Å². The highest BCUT2D eigenvalue weighted by Gasteiger charge is 2.40. The number of carbonyl (C=O) groups is 1. The van der Waals surface area contributed by atoms with Crippen molar-refractivity contribution in [1.29, 1.82) is 0 Å². The standard InChI is InChI=1S/C23H35N5OS/c1-26-14-20-3-4-21(15-26)28(20)23-24-11-19(12-25-23)17-5-7-27(8-6-17)13-16-9-18(10-16)22(29)30-2/h11-12,16-18,20-21H,3-10,13-15H2,1-2H3. The van der Waals surface area contributed by atoms with Crippen LogP contribution < -0.4 is 4.90 Å². The molecule has 4 fully saturated rings. The molecular formula is C23H35N5OS. The molecule has 6 nitrogen and oxygen atoms in total. The predicted molar refractivity (Wildman–Crippen MR) is 122 cm³/mol. The van der Waals surface area contributed by atoms with E-state index in [2.05, 4.69) is 34.1 Å². The summed E-state index contributed by atoms with van der Waals surface area (Å²) in [6.07, 6.45) is 13.2. The summed E-state index contributed by atoms with van der Waals surface area (Å²) in [7, 11) is 2.23. The van der Waals surface area contributed by atoms with Gasteiger partial charge in [-0.05, 0) is 82.3 Å². The molecule has 0 spiro atoms. The van der Waals surface area contributed by atoms with E-state index in [1.165, 1.54) is 49.6 Å². The monoisotopic (exact) mass is 429 g/mol. The SMILES string of the molecule is CSC(=O)C1CC(CN2CCC(c3cnc(N4C5CCC4CN(C)C5)nc3)CC2)C1. The summed E-state index contributed by atoms with van der Waals surface area (Å²) in [6, 6.07) is 1.17. The number of rotatable bonds is 5. The van der Waals surface area contributed by atoms with Crippen LogP contribution >= 0.6 is 11.8 Å². The van der Waals surface area contributed by atoms with Gasteiger partial charge in [0.2, 0.25) is 5.95 Å². The van der Waals surface area contributed by atoms with Gasteiger partial charge in [0.15, 0.2) is 5.12 Å². The predicted octanol–water partition coefficient (Wildman–Crippen LogP) is 2.85. The minimum atomic E-state index is 0.328. The van der Waals surface area contributed by atoms with E-state index >= 15 is 0 Å². The van der Waals surface area contributed by atoms with Gasteiger partial charge in [-0.1, -0.05) is 11.8 Å². The third-order valence-corrected chi connectivity index (χ3v) is 8.64. The lowest BCUT2D eigenvalue weighted by molar-refractivity contribution is -0.118. The highest BCUT2D eigenvalue weighted by atomic mass is 32.2. The van der Waals surface area contributed by atoms with Crippen molar-refractivity contribution in [2.45, 2.75) is 56.5 Å². The molecule has 1 aromatic rings. The van der Waals surface area contributed by atoms with E-state index in [0.717, 1.165) is 50.9 Å². The molecule has 4 aliphatic rings. The molecule has 1 saturated carbocycles. The average Bonchev–Trinajstić information content (AvgIpc) is 3.01. The number of likely N-dealkylation sites (N-methyl/N-ethyl adjacent to an activating group) is 1. The van der Waals surface area contributed by atoms with Crippen molar-refractivity contribution >= 4 is 22.8 Å². The molecule has 7 heteroatoms. The van der Waals surface area contributed by atoms with E-state index in [1.54, 1.807) is 0 Å². The van der Waals surface area contributed by atoms with Gasteiger partial charge < -0.3 is 14.7 Å². The van der Waals surface area contributed by atoms with Gasteiger partial charge in [-0.25, -0.2) is 9.97 Å². The molecule has 2 bridgehead atoms. The number of hydrogen-bond acceptors (Lipinski definition) is 7. The van der Waals surface area contributed by atoms with Crippen LogP contribution in [0.2, 0.25) is 0 Å². The van der Waals surface area contributed by atoms with Gasteiger partial charge in [0.05, 0.1) is 0 Å². The van der Waals surface area contributed by atoms with Crippen molar-refractivity contribution in [3.8, 4) is 0 Å². The number of piperazine rings is 1. The smallest absolute Gasteiger partial charge is 0.225 e. The number of aromatic nitrogens is 2. The summed E-state index contributed by atoms with van der Waals surface area (Å²) < 4.78 is 0. The Hall–Kier alpha value is -1.18. The van der Waals surface area contributed by atoms with E-state index in [-0.39, 0.29) is 0 Å². The number of nitrogens with zero attached hydrogens (tertiary/aromatic N) is 5. The summed E-state index contributed by atoms with van der Waals surface area (Å²) in [5, 5.41) is 0.387. The molecule has 2 unspecified atom stereocenters. The Labute approximate surface area is 184 Å². The molecular weight excluding hydrogens is 394 g/mol. The molecule has 1 aliphatic carbocycles. The fourth-order valence-electron chi connectivity index (χ4n) is 6.17. The molecule has 0 radical (unpaired) electrons. The Morgan fingerprint density at radius 3 is 2.30 bits per heavy atom. The van der Waals surface area contributed by atoms with Crippen LogP contribution in [0, 0.1) is 11.8 Å². The van der Waals surface area contributed by atoms with Gasteiger partial charge in [-0.3, -0.25) is 4.79 Å². The highest BCUT2D eigenvalue weighted by Crippen LogP contribution is 2.38. The van der Waals surface area contributed by atoms with Crippen molar-refractivity contribution in [2.24, 2.45) is 11.8 Å². The lowest BCUT2D eigenvalue weighted by atomic mass is 9.75. The molecule has 0 N–H and O–H groups in total. The minimum absolute atomic E-state index is 0.328. The van der Waals surface area contributed by atoms with E-state index < -0.39 is 0 Å². The van der Waals surface area contributed by atoms with E-state index in [1.807, 2.05) is 6.26 Å². The zero-order valence-corrected chi connectivity index (χ0v) is 19.2. The molecule has 30 heavy (non-hydrogen) atoms. The first-order valence-corrected chi connectivity index (χ1v) is 12.9. The lowest BCUT2D eigenvalue weighted by Gasteiger charge is -2.40. The molecule has 0 aromatic carbocycles. The Morgan fingerprint density at radius 2 is 1.70 bits per heavy atom. The number of hydrogen-bond donors (Lipinski definition) is 0. The number of thioether (sulfide) groups is 1. The van der Waals surface area contributed by atoms with Crippen LogP contribution in [0.1, 0.15) is 50.0 Å². The first-order chi connectivity index (χ1) is 14.6. The number of carbonyl (C=O) groups excluding carboxylic acids is 1. The van der Waals surface area contributed by atoms with Crippen LogP contribution in [0.3, 0.4) is 0 Å². The molecule has 164 valence electrons. The number of fused-ring (bicyclic) bond motifs is 2. The van der Waals surface area contributed by atoms with Crippen LogP contribution in [-0.4, -0.2) is 83.0 Å². The largest absolute Gasteiger partial charge is 0.332 e. The Kier molecular flexibility index (Phi) is 6.04. The maximum Gasteiger partial charge on any atom is 0.225 e. The van der Waals surface area contributed by atoms with E-state index in [4.69, 9.17) is 9.97 Å². The van der Waals surface area contributed by atoms with E-state index in [9.17, 15) is 4.79 Å². The summed E-state index contributed by atoms with van der Waals surface area (Å²) in [5.41, 5.74) is 1.31. The van der Waals surface area contributed by atoms with Crippen molar-refractivity contribution in [3.05, 3.63) is 18.0 Å². The van der Waals surface area contributed by atoms with Crippen LogP contribution in [0.4, 0.5) is 5.95 Å². The third kappa shape index (κ3) is 4.13. The van der Waals surface area contributed by atoms with Gasteiger partial charge in [0.25, 0.3) is 0 Å². The maximum absolute atomic E-state index is 11.7. The molecule has 3 saturated heterocycles. The van der Waals surface area contributed by atoms with Crippen LogP contribution in [-0.2, 0) is 4.79 Å². The fourth-order valence-corrected chi connectivity index (χ4v) is 6.70. The van der Waals surface area contributed by atoms with Gasteiger partial charge in [0.1, 0.15) is 0 Å². The quantitative estimate of drug-likeness (QED) is 0.713. The summed E-state index contributed by atoms with van der Waals surface area (Å²) >= 11 is 1.40. The number of anilines is 1. The van der Waals surface area contributed by atoms with Gasteiger partial charge in [-0.15, -0.1) is 0 Å². The van der Waals surface area contributed by atoms with Crippen molar-refractivity contribution in [2.75, 3.05) is 50.9 Å². The zero-order valence-electron chi connectivity index (χ0n) is 18.4. The van der Waals surface area contributed by atoms with Crippen molar-refractivity contribution < 1.29 is 4.79 Å². The van der Waals surface area contributed by atoms with Gasteiger partial charge in [-0.2, -0.15) is 0 Å². The van der Waals surface area contributed by atoms with Gasteiger partial charge >= 0.3 is 0 Å². The fraction of sp³-hybridized carbons (Fsp3) is 0.783. The average molecular weight is 430 g/mol. The second kappa shape index (κ2) is 8.75. The van der Waals surface area contributed by atoms with Crippen LogP contribution in [0.5, 0.6) is 0 Å². The molecule has 1 aromatic heterocycles. The third-order valence-electron chi connectivity index (χ3n) is 7.90. The topological polar surface area (TPSA) is 52.6 Å². The maximum atomic E-state index is 11.7. The molecule has 2 atom stereocenters. The summed E-state index contributed by atoms with van der Waals surface area (Å²) in [4.78, 5) is 28.9. The van der Waals surface area contributed by atoms with Crippen molar-refractivity contribution in [1.82, 2.24) is 19.8 Å². The van der Waals surface area contributed by atoms with Crippen LogP contribution in [0.15, 0.2) is 12.4 Å². The Balaban J connectivity index is 1.11. The molecule has 5 rings (SSSR count). The Morgan fingerprint density at radius 1 is 1.07 bits per heavy atom. The summed E-state index contributed by atoms with van der Waals surface area (Å²) in [5.74, 6) is 2.58. The Bertz CT molecular complexity index is 730. The molecule has 4 heterocycles. The van der Waals surface area contributed by atoms with Crippen molar-refractivity contribution in [3.63, 3.8) is 0 Å². The minimum Gasteiger partial charge on any atom is -0.332 e. The second-order valence-corrected chi connectivity index (χ2v) is 10.8. The zero-order chi connectivity index (χ0) is 20.7.